The van der Waals surface area contributed by atoms with Crippen molar-refractivity contribution in [3.05, 3.63) is 66.2 Å². The van der Waals surface area contributed by atoms with Gasteiger partial charge in [-0.2, -0.15) is 0 Å². The monoisotopic (exact) mass is 513 g/mol. The number of carbonyl (C=O) groups excluding carboxylic acids is 3. The van der Waals surface area contributed by atoms with E-state index in [1.54, 1.807) is 58.0 Å². The van der Waals surface area contributed by atoms with E-state index in [4.69, 9.17) is 9.47 Å². The average molecular weight is 514 g/mol. The lowest BCUT2D eigenvalue weighted by Crippen LogP contribution is -2.53. The number of hydrogen-bond donors (Lipinski definition) is 4. The highest BCUT2D eigenvalue weighted by Crippen LogP contribution is 2.28. The number of amides is 3. The number of anilines is 1. The Balaban J connectivity index is 2.46. The molecule has 0 saturated heterocycles. The summed E-state index contributed by atoms with van der Waals surface area (Å²) in [5, 5.41) is 25.1. The van der Waals surface area contributed by atoms with Crippen molar-refractivity contribution < 1.29 is 34.1 Å². The first-order valence-corrected chi connectivity index (χ1v) is 11.7. The molecule has 0 spiro atoms. The predicted molar refractivity (Wildman–Crippen MR) is 139 cm³/mol. The van der Waals surface area contributed by atoms with Gasteiger partial charge in [-0.15, -0.1) is 6.58 Å². The van der Waals surface area contributed by atoms with Crippen molar-refractivity contribution in [2.45, 2.75) is 45.4 Å². The minimum absolute atomic E-state index is 0.0273. The molecular weight excluding hydrogens is 478 g/mol. The second kappa shape index (κ2) is 12.8. The zero-order chi connectivity index (χ0) is 27.8. The van der Waals surface area contributed by atoms with Crippen LogP contribution in [-0.4, -0.2) is 64.9 Å². The molecule has 4 N–H and O–H groups in total. The number of hydrogen-bond acceptors (Lipinski definition) is 7. The highest BCUT2D eigenvalue weighted by molar-refractivity contribution is 5.99. The molecule has 0 aliphatic heterocycles. The topological polar surface area (TPSA) is 137 Å². The Bertz CT molecular complexity index is 1110. The Kier molecular flexibility index (Phi) is 10.1. The molecule has 37 heavy (non-hydrogen) atoms. The van der Waals surface area contributed by atoms with Crippen LogP contribution in [0.5, 0.6) is 11.5 Å². The number of phenols is 1. The number of phenolic OH excluding ortho intramolecular Hbond substituents is 1. The fourth-order valence-corrected chi connectivity index (χ4v) is 3.50. The molecular formula is C27H35N3O7. The van der Waals surface area contributed by atoms with Gasteiger partial charge in [-0.25, -0.2) is 4.79 Å². The number of alkyl carbamates (subject to hydrolysis) is 1. The molecule has 0 radical (unpaired) electrons. The molecule has 0 aliphatic rings. The molecule has 0 heterocycles. The fourth-order valence-electron chi connectivity index (χ4n) is 3.50. The Morgan fingerprint density at radius 1 is 1.14 bits per heavy atom. The summed E-state index contributed by atoms with van der Waals surface area (Å²) in [6.45, 7) is 9.55. The van der Waals surface area contributed by atoms with Crippen molar-refractivity contribution in [1.82, 2.24) is 10.2 Å². The SMILES string of the molecule is C=CCN(C(=O)C(CO)NC(=O)OC(C)(C)C)C(C(=O)Nc1ccc(OC)cc1)c1ccc(O)c(C)c1. The Morgan fingerprint density at radius 3 is 2.30 bits per heavy atom. The lowest BCUT2D eigenvalue weighted by atomic mass is 10.00. The summed E-state index contributed by atoms with van der Waals surface area (Å²) in [7, 11) is 1.53. The van der Waals surface area contributed by atoms with Crippen LogP contribution in [0, 0.1) is 6.92 Å². The van der Waals surface area contributed by atoms with Crippen LogP contribution in [0.15, 0.2) is 55.1 Å². The van der Waals surface area contributed by atoms with Crippen molar-refractivity contribution in [1.29, 1.82) is 0 Å². The highest BCUT2D eigenvalue weighted by Gasteiger charge is 2.36. The molecule has 2 aromatic carbocycles. The van der Waals surface area contributed by atoms with Crippen LogP contribution in [0.2, 0.25) is 0 Å². The van der Waals surface area contributed by atoms with E-state index in [1.807, 2.05) is 0 Å². The van der Waals surface area contributed by atoms with Crippen molar-refractivity contribution >= 4 is 23.6 Å². The normalized spacial score (nSPS) is 12.6. The van der Waals surface area contributed by atoms with Crippen molar-refractivity contribution in [2.75, 3.05) is 25.6 Å². The van der Waals surface area contributed by atoms with Crippen LogP contribution < -0.4 is 15.4 Å². The van der Waals surface area contributed by atoms with Gasteiger partial charge in [-0.3, -0.25) is 9.59 Å². The van der Waals surface area contributed by atoms with Crippen molar-refractivity contribution in [2.24, 2.45) is 0 Å². The molecule has 2 atom stereocenters. The fraction of sp³-hybridized carbons (Fsp3) is 0.370. The van der Waals surface area contributed by atoms with Crippen LogP contribution in [-0.2, 0) is 14.3 Å². The van der Waals surface area contributed by atoms with Gasteiger partial charge < -0.3 is 35.2 Å². The zero-order valence-electron chi connectivity index (χ0n) is 21.8. The first-order chi connectivity index (χ1) is 17.4. The molecule has 10 heteroatoms. The number of nitrogens with one attached hydrogen (secondary N) is 2. The van der Waals surface area contributed by atoms with Crippen LogP contribution in [0.25, 0.3) is 0 Å². The smallest absolute Gasteiger partial charge is 0.408 e. The lowest BCUT2D eigenvalue weighted by Gasteiger charge is -2.33. The van der Waals surface area contributed by atoms with E-state index in [0.717, 1.165) is 0 Å². The van der Waals surface area contributed by atoms with Gasteiger partial charge in [-0.1, -0.05) is 12.1 Å². The average Bonchev–Trinajstić information content (AvgIpc) is 2.83. The molecule has 200 valence electrons. The highest BCUT2D eigenvalue weighted by atomic mass is 16.6. The predicted octanol–water partition coefficient (Wildman–Crippen LogP) is 3.29. The number of methoxy groups -OCH3 is 1. The summed E-state index contributed by atoms with van der Waals surface area (Å²) >= 11 is 0. The van der Waals surface area contributed by atoms with Crippen LogP contribution in [0.4, 0.5) is 10.5 Å². The number of benzene rings is 2. The summed E-state index contributed by atoms with van der Waals surface area (Å²) in [5.74, 6) is -0.654. The van der Waals surface area contributed by atoms with Gasteiger partial charge in [0, 0.05) is 12.2 Å². The van der Waals surface area contributed by atoms with E-state index >= 15 is 0 Å². The molecule has 0 saturated carbocycles. The third-order valence-electron chi connectivity index (χ3n) is 5.23. The summed E-state index contributed by atoms with van der Waals surface area (Å²) in [6, 6.07) is 8.61. The number of aliphatic hydroxyl groups excluding tert-OH is 1. The number of aromatic hydroxyl groups is 1. The molecule has 2 unspecified atom stereocenters. The van der Waals surface area contributed by atoms with Gasteiger partial charge in [0.15, 0.2) is 0 Å². The Morgan fingerprint density at radius 2 is 1.78 bits per heavy atom. The largest absolute Gasteiger partial charge is 0.508 e. The van der Waals surface area contributed by atoms with Crippen LogP contribution >= 0.6 is 0 Å². The molecule has 2 aromatic rings. The van der Waals surface area contributed by atoms with Gasteiger partial charge >= 0.3 is 6.09 Å². The lowest BCUT2D eigenvalue weighted by molar-refractivity contribution is -0.140. The maximum atomic E-state index is 13.6. The standard InChI is InChI=1S/C27H35N3O7/c1-7-14-30(25(34)21(16-31)29-26(35)37-27(3,4)5)23(18-8-13-22(32)17(2)15-18)24(33)28-19-9-11-20(36-6)12-10-19/h7-13,15,21,23,31-32H,1,14,16H2,2-6H3,(H,28,33)(H,29,35). The Hall–Kier alpha value is -4.05. The summed E-state index contributed by atoms with van der Waals surface area (Å²) in [5.41, 5.74) is 0.544. The Labute approximate surface area is 216 Å². The van der Waals surface area contributed by atoms with Gasteiger partial charge in [0.25, 0.3) is 5.91 Å². The minimum Gasteiger partial charge on any atom is -0.508 e. The second-order valence-corrected chi connectivity index (χ2v) is 9.33. The number of ether oxygens (including phenoxy) is 2. The van der Waals surface area contributed by atoms with Crippen LogP contribution in [0.3, 0.4) is 0 Å². The maximum absolute atomic E-state index is 13.6. The van der Waals surface area contributed by atoms with Gasteiger partial charge in [0.05, 0.1) is 13.7 Å². The number of nitrogens with zero attached hydrogens (tertiary/aromatic N) is 1. The van der Waals surface area contributed by atoms with Gasteiger partial charge in [0.1, 0.15) is 29.2 Å². The molecule has 0 aliphatic carbocycles. The number of rotatable bonds is 10. The first kappa shape index (κ1) is 29.2. The van der Waals surface area contributed by atoms with E-state index < -0.39 is 42.2 Å². The quantitative estimate of drug-likeness (QED) is 0.358. The van der Waals surface area contributed by atoms with E-state index in [2.05, 4.69) is 17.2 Å². The first-order valence-electron chi connectivity index (χ1n) is 11.7. The number of carbonyl (C=O) groups is 3. The number of aryl methyl sites for hydroxylation is 1. The summed E-state index contributed by atoms with van der Waals surface area (Å²) in [6.07, 6.45) is 0.541. The minimum atomic E-state index is -1.38. The molecule has 0 aromatic heterocycles. The third-order valence-corrected chi connectivity index (χ3v) is 5.23. The molecule has 10 nitrogen and oxygen atoms in total. The van der Waals surface area contributed by atoms with Crippen molar-refractivity contribution in [3.63, 3.8) is 0 Å². The van der Waals surface area contributed by atoms with E-state index in [9.17, 15) is 24.6 Å². The van der Waals surface area contributed by atoms with Gasteiger partial charge in [0.2, 0.25) is 5.91 Å². The van der Waals surface area contributed by atoms with E-state index in [0.29, 0.717) is 22.6 Å². The molecule has 0 fully saturated rings. The van der Waals surface area contributed by atoms with Gasteiger partial charge in [-0.05, 0) is 75.2 Å². The third kappa shape index (κ3) is 8.25. The second-order valence-electron chi connectivity index (χ2n) is 9.33. The summed E-state index contributed by atoms with van der Waals surface area (Å²) < 4.78 is 10.4. The number of aliphatic hydroxyl groups is 1. The molecule has 0 bridgehead atoms. The molecule has 3 amide bonds. The zero-order valence-corrected chi connectivity index (χ0v) is 21.8. The van der Waals surface area contributed by atoms with Crippen molar-refractivity contribution in [3.8, 4) is 11.5 Å². The van der Waals surface area contributed by atoms with E-state index in [-0.39, 0.29) is 12.3 Å². The molecule has 2 rings (SSSR count). The summed E-state index contributed by atoms with van der Waals surface area (Å²) in [4.78, 5) is 40.7. The maximum Gasteiger partial charge on any atom is 0.408 e. The van der Waals surface area contributed by atoms with Crippen LogP contribution in [0.1, 0.15) is 37.9 Å². The van der Waals surface area contributed by atoms with E-state index in [1.165, 1.54) is 30.2 Å².